The number of aryl methyl sites for hydroxylation is 1. The van der Waals surface area contributed by atoms with Crippen LogP contribution in [0.5, 0.6) is 0 Å². The van der Waals surface area contributed by atoms with Crippen molar-refractivity contribution in [3.63, 3.8) is 0 Å². The zero-order valence-electron chi connectivity index (χ0n) is 17.0. The second-order valence-corrected chi connectivity index (χ2v) is 7.75. The quantitative estimate of drug-likeness (QED) is 0.545. The number of halogens is 2. The lowest BCUT2D eigenvalue weighted by atomic mass is 10.2. The fraction of sp³-hybridized carbons (Fsp3) is 0.238. The van der Waals surface area contributed by atoms with E-state index >= 15 is 0 Å². The normalized spacial score (nSPS) is 10.6. The Bertz CT molecular complexity index is 1070. The monoisotopic (exact) mass is 461 g/mol. The van der Waals surface area contributed by atoms with Crippen molar-refractivity contribution in [2.75, 3.05) is 18.9 Å². The molecule has 0 unspecified atom stereocenters. The maximum absolute atomic E-state index is 12.3. The molecule has 0 radical (unpaired) electrons. The largest absolute Gasteiger partial charge is 0.344 e. The highest BCUT2D eigenvalue weighted by Gasteiger charge is 2.16. The van der Waals surface area contributed by atoms with E-state index in [9.17, 15) is 9.59 Å². The third kappa shape index (κ3) is 6.44. The van der Waals surface area contributed by atoms with Crippen molar-refractivity contribution in [1.29, 1.82) is 0 Å². The fourth-order valence-electron chi connectivity index (χ4n) is 2.61. The molecule has 31 heavy (non-hydrogen) atoms. The number of likely N-dealkylation sites (N-methyl/N-ethyl adjacent to an activating group) is 1. The van der Waals surface area contributed by atoms with Crippen molar-refractivity contribution < 1.29 is 14.1 Å². The maximum atomic E-state index is 12.3. The summed E-state index contributed by atoms with van der Waals surface area (Å²) in [5.41, 5.74) is 2.42. The zero-order chi connectivity index (χ0) is 22.4. The summed E-state index contributed by atoms with van der Waals surface area (Å²) < 4.78 is 5.02. The third-order valence-electron chi connectivity index (χ3n) is 4.41. The van der Waals surface area contributed by atoms with Gasteiger partial charge in [-0.2, -0.15) is 4.98 Å². The van der Waals surface area contributed by atoms with Crippen LogP contribution in [0.15, 0.2) is 47.0 Å². The summed E-state index contributed by atoms with van der Waals surface area (Å²) in [6.07, 6.45) is 0.319. The van der Waals surface area contributed by atoms with Crippen molar-refractivity contribution in [3.05, 3.63) is 75.4 Å². The lowest BCUT2D eigenvalue weighted by Crippen LogP contribution is -2.33. The molecule has 0 atom stereocenters. The van der Waals surface area contributed by atoms with Gasteiger partial charge in [-0.15, -0.1) is 0 Å². The first-order valence-electron chi connectivity index (χ1n) is 9.45. The Morgan fingerprint density at radius 2 is 1.87 bits per heavy atom. The first-order chi connectivity index (χ1) is 14.8. The van der Waals surface area contributed by atoms with Gasteiger partial charge < -0.3 is 20.1 Å². The molecule has 1 heterocycles. The highest BCUT2D eigenvalue weighted by atomic mass is 35.5. The predicted molar refractivity (Wildman–Crippen MR) is 118 cm³/mol. The van der Waals surface area contributed by atoms with Gasteiger partial charge in [-0.05, 0) is 42.3 Å². The highest BCUT2D eigenvalue weighted by Crippen LogP contribution is 2.22. The van der Waals surface area contributed by atoms with Crippen molar-refractivity contribution >= 4 is 40.8 Å². The molecule has 3 rings (SSSR count). The minimum Gasteiger partial charge on any atom is -0.344 e. The number of benzene rings is 2. The number of urea groups is 1. The van der Waals surface area contributed by atoms with Crippen LogP contribution in [0.4, 0.5) is 10.5 Å². The van der Waals surface area contributed by atoms with Crippen LogP contribution in [0, 0.1) is 6.92 Å². The Hall–Kier alpha value is -3.10. The van der Waals surface area contributed by atoms with Crippen molar-refractivity contribution in [3.8, 4) is 0 Å². The zero-order valence-corrected chi connectivity index (χ0v) is 18.5. The van der Waals surface area contributed by atoms with Crippen LogP contribution in [0.1, 0.15) is 27.6 Å². The fourth-order valence-corrected chi connectivity index (χ4v) is 3.02. The first kappa shape index (κ1) is 22.6. The van der Waals surface area contributed by atoms with Gasteiger partial charge in [0.15, 0.2) is 5.82 Å². The molecule has 2 aromatic carbocycles. The number of nitrogens with zero attached hydrogens (tertiary/aromatic N) is 3. The molecule has 0 spiro atoms. The average molecular weight is 462 g/mol. The summed E-state index contributed by atoms with van der Waals surface area (Å²) in [5.74, 6) is -0.291. The number of nitrogens with one attached hydrogen (secondary N) is 2. The molecular weight excluding hydrogens is 441 g/mol. The predicted octanol–water partition coefficient (Wildman–Crippen LogP) is 4.32. The number of aromatic nitrogens is 2. The summed E-state index contributed by atoms with van der Waals surface area (Å²) in [7, 11) is 1.64. The summed E-state index contributed by atoms with van der Waals surface area (Å²) in [6, 6.07) is 12.2. The van der Waals surface area contributed by atoms with Gasteiger partial charge in [-0.1, -0.05) is 46.6 Å². The summed E-state index contributed by atoms with van der Waals surface area (Å²) in [6.45, 7) is 2.54. The maximum Gasteiger partial charge on any atom is 0.321 e. The molecule has 10 heteroatoms. The average Bonchev–Trinajstić information content (AvgIpc) is 3.22. The van der Waals surface area contributed by atoms with E-state index in [2.05, 4.69) is 20.8 Å². The van der Waals surface area contributed by atoms with Gasteiger partial charge in [0, 0.05) is 31.6 Å². The van der Waals surface area contributed by atoms with Crippen molar-refractivity contribution in [2.24, 2.45) is 0 Å². The molecule has 162 valence electrons. The van der Waals surface area contributed by atoms with E-state index in [0.717, 1.165) is 11.1 Å². The van der Waals surface area contributed by atoms with Crippen LogP contribution in [0.2, 0.25) is 10.0 Å². The Morgan fingerprint density at radius 3 is 2.58 bits per heavy atom. The number of carbonyl (C=O) groups is 2. The van der Waals surface area contributed by atoms with Crippen LogP contribution >= 0.6 is 23.2 Å². The first-order valence-corrected chi connectivity index (χ1v) is 10.2. The Labute approximate surface area is 189 Å². The SMILES string of the molecule is Cc1ccc(NC(=O)N(C)CCc2noc(C(=O)NCc3ccc(Cl)cc3)n2)c(Cl)c1. The van der Waals surface area contributed by atoms with Gasteiger partial charge in [0.1, 0.15) is 0 Å². The Morgan fingerprint density at radius 1 is 1.13 bits per heavy atom. The number of anilines is 1. The smallest absolute Gasteiger partial charge is 0.321 e. The summed E-state index contributed by atoms with van der Waals surface area (Å²) in [4.78, 5) is 30.1. The van der Waals surface area contributed by atoms with Crippen LogP contribution in [-0.2, 0) is 13.0 Å². The minimum absolute atomic E-state index is 0.137. The number of hydrogen-bond donors (Lipinski definition) is 2. The molecule has 3 aromatic rings. The third-order valence-corrected chi connectivity index (χ3v) is 4.98. The van der Waals surface area contributed by atoms with E-state index in [1.807, 2.05) is 25.1 Å². The Kier molecular flexibility index (Phi) is 7.49. The van der Waals surface area contributed by atoms with Gasteiger partial charge in [-0.3, -0.25) is 4.79 Å². The van der Waals surface area contributed by atoms with Gasteiger partial charge in [0.25, 0.3) is 0 Å². The molecule has 0 aliphatic rings. The van der Waals surface area contributed by atoms with Crippen molar-refractivity contribution in [1.82, 2.24) is 20.4 Å². The molecule has 0 saturated heterocycles. The minimum atomic E-state index is -0.478. The number of amides is 3. The molecule has 0 bridgehead atoms. The standard InChI is InChI=1S/C21H21Cl2N5O3/c1-13-3-8-17(16(23)11-13)25-21(30)28(2)10-9-18-26-20(31-27-18)19(29)24-12-14-4-6-15(22)7-5-14/h3-8,11H,9-10,12H2,1-2H3,(H,24,29)(H,25,30). The second-order valence-electron chi connectivity index (χ2n) is 6.91. The lowest BCUT2D eigenvalue weighted by molar-refractivity contribution is 0.0907. The number of rotatable bonds is 7. The molecule has 8 nitrogen and oxygen atoms in total. The van der Waals surface area contributed by atoms with Gasteiger partial charge >= 0.3 is 17.8 Å². The van der Waals surface area contributed by atoms with E-state index in [4.69, 9.17) is 27.7 Å². The van der Waals surface area contributed by atoms with Gasteiger partial charge in [0.05, 0.1) is 10.7 Å². The molecule has 3 amide bonds. The van der Waals surface area contributed by atoms with E-state index in [1.165, 1.54) is 4.90 Å². The molecule has 1 aromatic heterocycles. The van der Waals surface area contributed by atoms with Crippen LogP contribution < -0.4 is 10.6 Å². The Balaban J connectivity index is 1.48. The second kappa shape index (κ2) is 10.3. The molecule has 0 saturated carbocycles. The lowest BCUT2D eigenvalue weighted by Gasteiger charge is -2.17. The molecular formula is C21H21Cl2N5O3. The van der Waals surface area contributed by atoms with Crippen LogP contribution in [0.25, 0.3) is 0 Å². The van der Waals surface area contributed by atoms with Crippen molar-refractivity contribution in [2.45, 2.75) is 19.9 Å². The number of carbonyl (C=O) groups excluding carboxylic acids is 2. The van der Waals surface area contributed by atoms with Gasteiger partial charge in [-0.25, -0.2) is 4.79 Å². The molecule has 0 aliphatic heterocycles. The molecule has 0 aliphatic carbocycles. The topological polar surface area (TPSA) is 100 Å². The van der Waals surface area contributed by atoms with E-state index < -0.39 is 5.91 Å². The van der Waals surface area contributed by atoms with Crippen LogP contribution in [-0.4, -0.2) is 40.6 Å². The van der Waals surface area contributed by atoms with E-state index in [1.54, 1.807) is 31.3 Å². The summed E-state index contributed by atoms with van der Waals surface area (Å²) in [5, 5.41) is 10.3. The molecule has 2 N–H and O–H groups in total. The van der Waals surface area contributed by atoms with Gasteiger partial charge in [0.2, 0.25) is 0 Å². The number of hydrogen-bond acceptors (Lipinski definition) is 5. The highest BCUT2D eigenvalue weighted by molar-refractivity contribution is 6.33. The summed E-state index contributed by atoms with van der Waals surface area (Å²) >= 11 is 12.0. The van der Waals surface area contributed by atoms with Crippen LogP contribution in [0.3, 0.4) is 0 Å². The molecule has 0 fully saturated rings. The van der Waals surface area contributed by atoms with E-state index in [0.29, 0.717) is 41.1 Å². The van der Waals surface area contributed by atoms with E-state index in [-0.39, 0.29) is 11.9 Å².